The second kappa shape index (κ2) is 15.8. The van der Waals surface area contributed by atoms with Crippen LogP contribution < -0.4 is 0 Å². The van der Waals surface area contributed by atoms with E-state index in [2.05, 4.69) is 261 Å². The number of hydrogen-bond acceptors (Lipinski definition) is 1. The summed E-state index contributed by atoms with van der Waals surface area (Å²) in [5, 5.41) is 4.98. The molecule has 1 aliphatic rings. The Kier molecular flexibility index (Phi) is 9.23. The van der Waals surface area contributed by atoms with Crippen molar-refractivity contribution in [1.82, 2.24) is 9.55 Å². The van der Waals surface area contributed by atoms with Crippen molar-refractivity contribution in [3.8, 4) is 83.8 Å². The van der Waals surface area contributed by atoms with Crippen LogP contribution in [0, 0.1) is 0 Å². The fraction of sp³-hybridized carbons (Fsp3) is 0.0455. The van der Waals surface area contributed by atoms with Crippen molar-refractivity contribution in [1.29, 1.82) is 0 Å². The van der Waals surface area contributed by atoms with E-state index in [1.165, 1.54) is 93.9 Å². The van der Waals surface area contributed by atoms with Gasteiger partial charge >= 0.3 is 0 Å². The summed E-state index contributed by atoms with van der Waals surface area (Å²) in [5.41, 5.74) is 21.5. The monoisotopic (exact) mass is 866 g/mol. The van der Waals surface area contributed by atoms with Crippen LogP contribution in [0.2, 0.25) is 0 Å². The molecule has 0 saturated carbocycles. The first-order valence-electron chi connectivity index (χ1n) is 23.6. The number of fused-ring (bicyclic) bond motifs is 6. The minimum Gasteiger partial charge on any atom is -0.292 e. The lowest BCUT2D eigenvalue weighted by molar-refractivity contribution is 0.661. The van der Waals surface area contributed by atoms with Crippen LogP contribution in [0.25, 0.3) is 116 Å². The first-order chi connectivity index (χ1) is 33.5. The van der Waals surface area contributed by atoms with Gasteiger partial charge in [0, 0.05) is 16.7 Å². The average molecular weight is 867 g/mol. The summed E-state index contributed by atoms with van der Waals surface area (Å²) in [6.07, 6.45) is 0. The highest BCUT2D eigenvalue weighted by atomic mass is 15.1. The molecule has 0 unspecified atom stereocenters. The van der Waals surface area contributed by atoms with Gasteiger partial charge in [-0.1, -0.05) is 214 Å². The van der Waals surface area contributed by atoms with Crippen LogP contribution >= 0.6 is 0 Å². The van der Waals surface area contributed by atoms with Gasteiger partial charge in [0.1, 0.15) is 5.82 Å². The highest BCUT2D eigenvalue weighted by molar-refractivity contribution is 6.23. The van der Waals surface area contributed by atoms with Crippen molar-refractivity contribution < 1.29 is 0 Å². The predicted octanol–water partition coefficient (Wildman–Crippen LogP) is 17.6. The standard InChI is InChI=1S/C66H46N2/c1-66(2)59-23-13-12-22-53(59)55-41-57-58(42-60(55)66)64(49-34-28-46(29-35-49)44-18-8-4-9-19-44)56-40-51(38-39-54(56)63(57)48-32-26-45(27-33-48)43-16-6-3-7-17-43)47-30-36-50(37-31-47)65-67-61-24-14-15-25-62(61)68(65)52-20-10-5-11-21-52/h3-42H,1-2H3. The van der Waals surface area contributed by atoms with E-state index in [0.29, 0.717) is 0 Å². The van der Waals surface area contributed by atoms with Crippen molar-refractivity contribution in [3.05, 3.63) is 254 Å². The summed E-state index contributed by atoms with van der Waals surface area (Å²) in [4.78, 5) is 5.17. The second-order valence-corrected chi connectivity index (χ2v) is 18.7. The number of para-hydroxylation sites is 3. The molecule has 0 saturated heterocycles. The molecule has 2 heteroatoms. The number of imidazole rings is 1. The third-order valence-corrected chi connectivity index (χ3v) is 14.4. The molecular formula is C66H46N2. The van der Waals surface area contributed by atoms with Crippen molar-refractivity contribution in [2.75, 3.05) is 0 Å². The lowest BCUT2D eigenvalue weighted by Gasteiger charge is -2.24. The number of benzene rings is 11. The van der Waals surface area contributed by atoms with Gasteiger partial charge in [0.25, 0.3) is 0 Å². The van der Waals surface area contributed by atoms with Gasteiger partial charge in [0.2, 0.25) is 0 Å². The molecule has 0 fully saturated rings. The molecule has 68 heavy (non-hydrogen) atoms. The van der Waals surface area contributed by atoms with Crippen LogP contribution in [0.3, 0.4) is 0 Å². The van der Waals surface area contributed by atoms with Gasteiger partial charge in [-0.3, -0.25) is 4.57 Å². The molecule has 0 atom stereocenters. The van der Waals surface area contributed by atoms with Gasteiger partial charge < -0.3 is 0 Å². The quantitative estimate of drug-likeness (QED) is 0.146. The molecule has 0 spiro atoms. The van der Waals surface area contributed by atoms with Crippen molar-refractivity contribution in [2.45, 2.75) is 19.3 Å². The summed E-state index contributed by atoms with van der Waals surface area (Å²) in [5.74, 6) is 0.927. The summed E-state index contributed by atoms with van der Waals surface area (Å²) < 4.78 is 2.27. The number of nitrogens with zero attached hydrogens (tertiary/aromatic N) is 2. The van der Waals surface area contributed by atoms with Crippen molar-refractivity contribution >= 4 is 32.6 Å². The molecule has 0 aliphatic heterocycles. The summed E-state index contributed by atoms with van der Waals surface area (Å²) in [6.45, 7) is 4.78. The van der Waals surface area contributed by atoms with Crippen LogP contribution in [0.15, 0.2) is 243 Å². The zero-order valence-corrected chi connectivity index (χ0v) is 38.0. The van der Waals surface area contributed by atoms with E-state index < -0.39 is 0 Å². The molecule has 11 aromatic carbocycles. The Balaban J connectivity index is 1.05. The smallest absolute Gasteiger partial charge is 0.145 e. The Morgan fingerprint density at radius 1 is 0.324 bits per heavy atom. The lowest BCUT2D eigenvalue weighted by Crippen LogP contribution is -2.14. The zero-order valence-electron chi connectivity index (χ0n) is 38.0. The third-order valence-electron chi connectivity index (χ3n) is 14.4. The molecule has 320 valence electrons. The van der Waals surface area contributed by atoms with Gasteiger partial charge in [-0.15, -0.1) is 0 Å². The topological polar surface area (TPSA) is 17.8 Å². The minimum atomic E-state index is -0.161. The van der Waals surface area contributed by atoms with E-state index in [-0.39, 0.29) is 5.41 Å². The predicted molar refractivity (Wildman–Crippen MR) is 286 cm³/mol. The fourth-order valence-corrected chi connectivity index (χ4v) is 11.0. The van der Waals surface area contributed by atoms with Crippen molar-refractivity contribution in [2.24, 2.45) is 0 Å². The lowest BCUT2D eigenvalue weighted by atomic mass is 9.79. The SMILES string of the molecule is CC1(C)c2ccccc2-c2cc3c(-c4ccc(-c5ccccc5)cc4)c4ccc(-c5ccc(-c6nc7ccccc7n6-c6ccccc6)cc5)cc4c(-c4ccc(-c5ccccc5)cc4)c3cc21. The Morgan fingerprint density at radius 3 is 1.43 bits per heavy atom. The molecule has 0 bridgehead atoms. The number of rotatable bonds is 7. The van der Waals surface area contributed by atoms with Crippen LogP contribution in [0.5, 0.6) is 0 Å². The maximum absolute atomic E-state index is 5.17. The molecule has 0 amide bonds. The molecule has 13 rings (SSSR count). The molecular weight excluding hydrogens is 821 g/mol. The highest BCUT2D eigenvalue weighted by Gasteiger charge is 2.36. The maximum atomic E-state index is 5.17. The Labute approximate surface area is 397 Å². The summed E-state index contributed by atoms with van der Waals surface area (Å²) in [7, 11) is 0. The molecule has 2 nitrogen and oxygen atoms in total. The van der Waals surface area contributed by atoms with Gasteiger partial charge in [-0.2, -0.15) is 0 Å². The highest BCUT2D eigenvalue weighted by Crippen LogP contribution is 2.53. The first kappa shape index (κ1) is 39.7. The summed E-state index contributed by atoms with van der Waals surface area (Å²) in [6, 6.07) is 88.9. The fourth-order valence-electron chi connectivity index (χ4n) is 11.0. The third kappa shape index (κ3) is 6.44. The Bertz CT molecular complexity index is 3860. The van der Waals surface area contributed by atoms with E-state index in [1.54, 1.807) is 0 Å². The van der Waals surface area contributed by atoms with Crippen LogP contribution in [-0.4, -0.2) is 9.55 Å². The largest absolute Gasteiger partial charge is 0.292 e. The molecule has 12 aromatic rings. The Hall–Kier alpha value is -8.59. The average Bonchev–Trinajstić information content (AvgIpc) is 3.90. The van der Waals surface area contributed by atoms with Crippen molar-refractivity contribution in [3.63, 3.8) is 0 Å². The maximum Gasteiger partial charge on any atom is 0.145 e. The number of hydrogen-bond donors (Lipinski definition) is 0. The second-order valence-electron chi connectivity index (χ2n) is 18.7. The zero-order chi connectivity index (χ0) is 45.3. The molecule has 1 aromatic heterocycles. The molecule has 0 N–H and O–H groups in total. The van der Waals surface area contributed by atoms with Gasteiger partial charge in [-0.25, -0.2) is 4.98 Å². The molecule has 1 heterocycles. The molecule has 0 radical (unpaired) electrons. The normalized spacial score (nSPS) is 12.7. The van der Waals surface area contributed by atoms with Gasteiger partial charge in [0.05, 0.1) is 11.0 Å². The van der Waals surface area contributed by atoms with E-state index in [0.717, 1.165) is 33.7 Å². The number of aromatic nitrogens is 2. The first-order valence-corrected chi connectivity index (χ1v) is 23.6. The molecule has 1 aliphatic carbocycles. The van der Waals surface area contributed by atoms with E-state index >= 15 is 0 Å². The minimum absolute atomic E-state index is 0.161. The van der Waals surface area contributed by atoms with E-state index in [4.69, 9.17) is 4.98 Å². The van der Waals surface area contributed by atoms with E-state index in [9.17, 15) is 0 Å². The van der Waals surface area contributed by atoms with Gasteiger partial charge in [0.15, 0.2) is 0 Å². The van der Waals surface area contributed by atoms with Crippen LogP contribution in [0.1, 0.15) is 25.0 Å². The Morgan fingerprint density at radius 2 is 0.779 bits per heavy atom. The summed E-state index contributed by atoms with van der Waals surface area (Å²) >= 11 is 0. The van der Waals surface area contributed by atoms with Crippen LogP contribution in [-0.2, 0) is 5.41 Å². The van der Waals surface area contributed by atoms with E-state index in [1.807, 2.05) is 0 Å². The van der Waals surface area contributed by atoms with Gasteiger partial charge in [-0.05, 0) is 142 Å². The van der Waals surface area contributed by atoms with Crippen LogP contribution in [0.4, 0.5) is 0 Å².